The van der Waals surface area contributed by atoms with Gasteiger partial charge in [-0.05, 0) is 50.6 Å². The molecule has 1 amide bonds. The number of rotatable bonds is 3. The number of nitrogens with zero attached hydrogens (tertiary/aromatic N) is 2. The molecule has 0 saturated heterocycles. The Bertz CT molecular complexity index is 1080. The predicted octanol–water partition coefficient (Wildman–Crippen LogP) is 4.37. The van der Waals surface area contributed by atoms with E-state index in [2.05, 4.69) is 5.32 Å². The summed E-state index contributed by atoms with van der Waals surface area (Å²) in [4.78, 5) is 12.7. The molecule has 0 bridgehead atoms. The van der Waals surface area contributed by atoms with Crippen molar-refractivity contribution in [3.05, 3.63) is 64.8 Å². The predicted molar refractivity (Wildman–Crippen MR) is 115 cm³/mol. The number of aromatic nitrogens is 2. The lowest BCUT2D eigenvalue weighted by atomic mass is 10.0. The summed E-state index contributed by atoms with van der Waals surface area (Å²) in [6.45, 7) is 5.89. The average molecular weight is 410 g/mol. The molecule has 2 N–H and O–H groups in total. The van der Waals surface area contributed by atoms with Crippen molar-refractivity contribution in [3.8, 4) is 17.2 Å². The molecule has 0 saturated carbocycles. The second kappa shape index (κ2) is 7.48. The number of carbonyl (C=O) groups excluding carboxylic acids is 1. The molecule has 2 aromatic carbocycles. The van der Waals surface area contributed by atoms with Crippen molar-refractivity contribution in [2.75, 3.05) is 12.4 Å². The molecular weight excluding hydrogens is 386 g/mol. The van der Waals surface area contributed by atoms with Crippen LogP contribution in [0.5, 0.6) is 11.5 Å². The first-order valence-corrected chi connectivity index (χ1v) is 10.3. The summed E-state index contributed by atoms with van der Waals surface area (Å²) in [5, 5.41) is 17.4. The topological polar surface area (TPSA) is 76.4 Å². The van der Waals surface area contributed by atoms with E-state index in [1.54, 1.807) is 22.5 Å². The first-order valence-electron chi connectivity index (χ1n) is 9.39. The van der Waals surface area contributed by atoms with E-state index in [1.165, 1.54) is 7.11 Å². The maximum Gasteiger partial charge on any atom is 0.238 e. The van der Waals surface area contributed by atoms with Crippen molar-refractivity contribution in [2.24, 2.45) is 0 Å². The number of phenols is 1. The third-order valence-electron chi connectivity index (χ3n) is 5.11. The van der Waals surface area contributed by atoms with Crippen LogP contribution in [0.1, 0.15) is 34.6 Å². The van der Waals surface area contributed by atoms with E-state index < -0.39 is 0 Å². The Kier molecular flexibility index (Phi) is 5.00. The maximum absolute atomic E-state index is 12.7. The van der Waals surface area contributed by atoms with Crippen LogP contribution in [0, 0.1) is 13.8 Å². The van der Waals surface area contributed by atoms with Crippen molar-refractivity contribution in [1.82, 2.24) is 9.78 Å². The van der Waals surface area contributed by atoms with Crippen LogP contribution in [-0.2, 0) is 4.79 Å². The van der Waals surface area contributed by atoms with Gasteiger partial charge in [-0.15, -0.1) is 11.8 Å². The van der Waals surface area contributed by atoms with Crippen LogP contribution in [-0.4, -0.2) is 33.2 Å². The molecule has 150 valence electrons. The molecule has 29 heavy (non-hydrogen) atoms. The Morgan fingerprint density at radius 3 is 2.59 bits per heavy atom. The molecule has 3 aromatic rings. The van der Waals surface area contributed by atoms with Gasteiger partial charge in [0.25, 0.3) is 0 Å². The molecule has 0 radical (unpaired) electrons. The minimum atomic E-state index is -0.252. The fourth-order valence-corrected chi connectivity index (χ4v) is 4.81. The van der Waals surface area contributed by atoms with Gasteiger partial charge in [-0.3, -0.25) is 4.79 Å². The van der Waals surface area contributed by atoms with Gasteiger partial charge >= 0.3 is 0 Å². The maximum atomic E-state index is 12.7. The summed E-state index contributed by atoms with van der Waals surface area (Å²) >= 11 is 1.56. The van der Waals surface area contributed by atoms with Gasteiger partial charge in [0.2, 0.25) is 5.91 Å². The lowest BCUT2D eigenvalue weighted by molar-refractivity contribution is -0.115. The fraction of sp³-hybridized carbons (Fsp3) is 0.273. The summed E-state index contributed by atoms with van der Waals surface area (Å²) in [6.07, 6.45) is 0. The molecule has 0 spiro atoms. The zero-order chi connectivity index (χ0) is 20.7. The summed E-state index contributed by atoms with van der Waals surface area (Å²) in [7, 11) is 1.53. The van der Waals surface area contributed by atoms with Crippen molar-refractivity contribution in [1.29, 1.82) is 0 Å². The van der Waals surface area contributed by atoms with Gasteiger partial charge in [-0.2, -0.15) is 5.10 Å². The van der Waals surface area contributed by atoms with Crippen molar-refractivity contribution < 1.29 is 14.6 Å². The third kappa shape index (κ3) is 3.46. The molecule has 0 aliphatic carbocycles. The Hall–Kier alpha value is -2.93. The number of hydrogen-bond donors (Lipinski definition) is 2. The smallest absolute Gasteiger partial charge is 0.238 e. The molecule has 2 heterocycles. The molecule has 6 nitrogen and oxygen atoms in total. The van der Waals surface area contributed by atoms with E-state index >= 15 is 0 Å². The molecule has 0 unspecified atom stereocenters. The average Bonchev–Trinajstić information content (AvgIpc) is 2.95. The van der Waals surface area contributed by atoms with Crippen molar-refractivity contribution >= 4 is 23.5 Å². The Labute approximate surface area is 173 Å². The van der Waals surface area contributed by atoms with E-state index in [-0.39, 0.29) is 22.2 Å². The largest absolute Gasteiger partial charge is 0.504 e. The number of nitrogens with one attached hydrogen (secondary N) is 1. The highest BCUT2D eigenvalue weighted by molar-refractivity contribution is 8.01. The first kappa shape index (κ1) is 19.4. The Balaban J connectivity index is 1.90. The number of anilines is 1. The van der Waals surface area contributed by atoms with Crippen LogP contribution in [0.3, 0.4) is 0 Å². The number of benzene rings is 2. The molecule has 1 aliphatic rings. The summed E-state index contributed by atoms with van der Waals surface area (Å²) in [5.41, 5.74) is 4.80. The summed E-state index contributed by atoms with van der Waals surface area (Å²) in [5.74, 6) is 1.12. The monoisotopic (exact) mass is 409 g/mol. The highest BCUT2D eigenvalue weighted by Gasteiger charge is 2.34. The van der Waals surface area contributed by atoms with E-state index in [0.29, 0.717) is 11.6 Å². The molecule has 0 fully saturated rings. The quantitative estimate of drug-likeness (QED) is 0.672. The lowest BCUT2D eigenvalue weighted by Crippen LogP contribution is -2.22. The fourth-order valence-electron chi connectivity index (χ4n) is 3.50. The number of amides is 1. The van der Waals surface area contributed by atoms with Crippen LogP contribution < -0.4 is 10.1 Å². The Morgan fingerprint density at radius 1 is 1.17 bits per heavy atom. The van der Waals surface area contributed by atoms with Crippen LogP contribution in [0.15, 0.2) is 42.5 Å². The van der Waals surface area contributed by atoms with E-state index in [1.807, 2.05) is 57.2 Å². The second-order valence-corrected chi connectivity index (χ2v) is 8.62. The van der Waals surface area contributed by atoms with Crippen molar-refractivity contribution in [2.45, 2.75) is 31.3 Å². The van der Waals surface area contributed by atoms with Gasteiger partial charge in [0.1, 0.15) is 5.82 Å². The molecule has 1 aromatic heterocycles. The van der Waals surface area contributed by atoms with Gasteiger partial charge in [-0.1, -0.05) is 23.8 Å². The zero-order valence-corrected chi connectivity index (χ0v) is 17.6. The number of carbonyl (C=O) groups is 1. The molecular formula is C22H23N3O3S. The minimum Gasteiger partial charge on any atom is -0.504 e. The standard InChI is InChI=1S/C22H23N3O3S/c1-12-5-8-16(9-6-12)25-21-19(13(2)24-25)20(29-14(3)22(27)23-21)15-7-10-17(26)18(11-15)28-4/h5-11,14,20,26H,1-4H3,(H,23,27)/t14-,20+/m0/s1. The zero-order valence-electron chi connectivity index (χ0n) is 16.8. The van der Waals surface area contributed by atoms with E-state index in [4.69, 9.17) is 9.84 Å². The number of methoxy groups -OCH3 is 1. The summed E-state index contributed by atoms with van der Waals surface area (Å²) in [6, 6.07) is 13.3. The SMILES string of the molecule is COc1cc([C@H]2S[C@@H](C)C(=O)Nc3c2c(C)nn3-c2ccc(C)cc2)ccc1O. The molecule has 7 heteroatoms. The molecule has 2 atom stereocenters. The van der Waals surface area contributed by atoms with Crippen molar-refractivity contribution in [3.63, 3.8) is 0 Å². The summed E-state index contributed by atoms with van der Waals surface area (Å²) < 4.78 is 7.09. The third-order valence-corrected chi connectivity index (χ3v) is 6.51. The van der Waals surface area contributed by atoms with E-state index in [0.717, 1.165) is 28.1 Å². The van der Waals surface area contributed by atoms with Gasteiger partial charge in [0.05, 0.1) is 29.0 Å². The van der Waals surface area contributed by atoms with Crippen LogP contribution in [0.25, 0.3) is 5.69 Å². The van der Waals surface area contributed by atoms with E-state index in [9.17, 15) is 9.90 Å². The number of hydrogen-bond acceptors (Lipinski definition) is 5. The normalized spacial score (nSPS) is 18.7. The number of fused-ring (bicyclic) bond motifs is 1. The lowest BCUT2D eigenvalue weighted by Gasteiger charge is -2.18. The molecule has 1 aliphatic heterocycles. The first-order chi connectivity index (χ1) is 13.9. The highest BCUT2D eigenvalue weighted by atomic mass is 32.2. The van der Waals surface area contributed by atoms with Gasteiger partial charge in [0.15, 0.2) is 11.5 Å². The van der Waals surface area contributed by atoms with Crippen LogP contribution in [0.4, 0.5) is 5.82 Å². The Morgan fingerprint density at radius 2 is 1.90 bits per heavy atom. The molecule has 4 rings (SSSR count). The minimum absolute atomic E-state index is 0.0576. The van der Waals surface area contributed by atoms with Crippen LogP contribution in [0.2, 0.25) is 0 Å². The number of thioether (sulfide) groups is 1. The number of ether oxygens (including phenoxy) is 1. The number of aromatic hydroxyl groups is 1. The second-order valence-electron chi connectivity index (χ2n) is 7.17. The van der Waals surface area contributed by atoms with Crippen LogP contribution >= 0.6 is 11.8 Å². The number of aryl methyl sites for hydroxylation is 2. The number of phenolic OH excluding ortho intramolecular Hbond substituents is 1. The van der Waals surface area contributed by atoms with Gasteiger partial charge in [0, 0.05) is 5.56 Å². The van der Waals surface area contributed by atoms with Gasteiger partial charge < -0.3 is 15.2 Å². The highest BCUT2D eigenvalue weighted by Crippen LogP contribution is 2.47. The van der Waals surface area contributed by atoms with Gasteiger partial charge in [-0.25, -0.2) is 4.68 Å².